The third-order valence-corrected chi connectivity index (χ3v) is 3.62. The van der Waals surface area contributed by atoms with Crippen molar-refractivity contribution in [3.05, 3.63) is 23.5 Å². The lowest BCUT2D eigenvalue weighted by atomic mass is 9.98. The summed E-state index contributed by atoms with van der Waals surface area (Å²) < 4.78 is 4.66. The molecule has 0 aliphatic carbocycles. The van der Waals surface area contributed by atoms with Gasteiger partial charge in [0.25, 0.3) is 0 Å². The fraction of sp³-hybridized carbons (Fsp3) is 0.643. The lowest BCUT2D eigenvalue weighted by Crippen LogP contribution is -2.37. The zero-order valence-electron chi connectivity index (χ0n) is 11.7. The lowest BCUT2D eigenvalue weighted by molar-refractivity contribution is 0.0594. The van der Waals surface area contributed by atoms with Crippen LogP contribution in [0.25, 0.3) is 0 Å². The molecule has 0 bridgehead atoms. The predicted molar refractivity (Wildman–Crippen MR) is 74.1 cm³/mol. The van der Waals surface area contributed by atoms with Crippen molar-refractivity contribution in [2.75, 3.05) is 33.8 Å². The van der Waals surface area contributed by atoms with Crippen LogP contribution in [0.5, 0.6) is 0 Å². The van der Waals surface area contributed by atoms with Crippen molar-refractivity contribution in [1.29, 1.82) is 0 Å². The normalized spacial score (nSPS) is 20.4. The van der Waals surface area contributed by atoms with Crippen LogP contribution in [0, 0.1) is 5.92 Å². The van der Waals surface area contributed by atoms with Crippen LogP contribution in [0.2, 0.25) is 0 Å². The molecule has 1 fully saturated rings. The number of nitrogens with zero attached hydrogens (tertiary/aromatic N) is 1. The van der Waals surface area contributed by atoms with E-state index in [1.165, 1.54) is 33.0 Å². The van der Waals surface area contributed by atoms with Crippen molar-refractivity contribution in [1.82, 2.24) is 15.2 Å². The molecule has 1 aromatic rings. The lowest BCUT2D eigenvalue weighted by Gasteiger charge is -2.29. The standard InChI is InChI=1S/C14H23N3O2/c1-17-7-3-4-11(10-17)8-15-9-12-5-6-13(16-12)14(18)19-2/h5-6,11,15-16H,3-4,7-10H2,1-2H3. The summed E-state index contributed by atoms with van der Waals surface area (Å²) >= 11 is 0. The number of H-pyrrole nitrogens is 1. The maximum absolute atomic E-state index is 11.3. The second-order valence-electron chi connectivity index (χ2n) is 5.29. The minimum absolute atomic E-state index is 0.319. The summed E-state index contributed by atoms with van der Waals surface area (Å²) in [5.74, 6) is 0.411. The first-order valence-electron chi connectivity index (χ1n) is 6.84. The van der Waals surface area contributed by atoms with Crippen LogP contribution in [-0.2, 0) is 11.3 Å². The van der Waals surface area contributed by atoms with E-state index < -0.39 is 0 Å². The van der Waals surface area contributed by atoms with Gasteiger partial charge in [0, 0.05) is 18.8 Å². The van der Waals surface area contributed by atoms with Crippen molar-refractivity contribution >= 4 is 5.97 Å². The second kappa shape index (κ2) is 6.73. The van der Waals surface area contributed by atoms with E-state index in [9.17, 15) is 4.79 Å². The molecule has 2 N–H and O–H groups in total. The van der Waals surface area contributed by atoms with E-state index >= 15 is 0 Å². The quantitative estimate of drug-likeness (QED) is 0.786. The summed E-state index contributed by atoms with van der Waals surface area (Å²) in [6.45, 7) is 4.18. The summed E-state index contributed by atoms with van der Waals surface area (Å²) in [6, 6.07) is 3.68. The van der Waals surface area contributed by atoms with Gasteiger partial charge in [-0.05, 0) is 51.0 Å². The summed E-state index contributed by atoms with van der Waals surface area (Å²) in [5, 5.41) is 3.45. The summed E-state index contributed by atoms with van der Waals surface area (Å²) in [7, 11) is 3.57. The molecular weight excluding hydrogens is 242 g/mol. The van der Waals surface area contributed by atoms with Gasteiger partial charge in [0.2, 0.25) is 0 Å². The van der Waals surface area contributed by atoms with Gasteiger partial charge in [-0.25, -0.2) is 4.79 Å². The summed E-state index contributed by atoms with van der Waals surface area (Å²) in [4.78, 5) is 16.8. The number of ether oxygens (including phenoxy) is 1. The Morgan fingerprint density at radius 2 is 2.42 bits per heavy atom. The maximum Gasteiger partial charge on any atom is 0.354 e. The molecule has 1 aromatic heterocycles. The number of methoxy groups -OCH3 is 1. The van der Waals surface area contributed by atoms with Crippen molar-refractivity contribution in [3.8, 4) is 0 Å². The van der Waals surface area contributed by atoms with E-state index in [1.54, 1.807) is 6.07 Å². The van der Waals surface area contributed by atoms with Gasteiger partial charge in [0.1, 0.15) is 5.69 Å². The highest BCUT2D eigenvalue weighted by Gasteiger charge is 2.16. The third-order valence-electron chi connectivity index (χ3n) is 3.62. The Morgan fingerprint density at radius 1 is 1.58 bits per heavy atom. The Labute approximate surface area is 114 Å². The number of hydrogen-bond donors (Lipinski definition) is 2. The molecule has 0 saturated carbocycles. The number of hydrogen-bond acceptors (Lipinski definition) is 4. The Morgan fingerprint density at radius 3 is 3.16 bits per heavy atom. The minimum Gasteiger partial charge on any atom is -0.464 e. The zero-order chi connectivity index (χ0) is 13.7. The van der Waals surface area contributed by atoms with Crippen molar-refractivity contribution in [2.45, 2.75) is 19.4 Å². The van der Waals surface area contributed by atoms with E-state index in [0.717, 1.165) is 24.7 Å². The number of likely N-dealkylation sites (tertiary alicyclic amines) is 1. The van der Waals surface area contributed by atoms with Crippen LogP contribution < -0.4 is 5.32 Å². The average molecular weight is 265 g/mol. The van der Waals surface area contributed by atoms with E-state index in [0.29, 0.717) is 5.69 Å². The molecule has 0 spiro atoms. The molecule has 0 amide bonds. The number of esters is 1. The first-order chi connectivity index (χ1) is 9.19. The maximum atomic E-state index is 11.3. The second-order valence-corrected chi connectivity index (χ2v) is 5.29. The smallest absolute Gasteiger partial charge is 0.354 e. The molecule has 1 saturated heterocycles. The monoisotopic (exact) mass is 265 g/mol. The highest BCUT2D eigenvalue weighted by Crippen LogP contribution is 2.14. The molecule has 5 heteroatoms. The van der Waals surface area contributed by atoms with E-state index in [2.05, 4.69) is 27.0 Å². The van der Waals surface area contributed by atoms with Crippen molar-refractivity contribution < 1.29 is 9.53 Å². The number of aromatic amines is 1. The summed E-state index contributed by atoms with van der Waals surface area (Å²) in [5.41, 5.74) is 1.53. The first kappa shape index (κ1) is 14.1. The van der Waals surface area contributed by atoms with Gasteiger partial charge in [-0.15, -0.1) is 0 Å². The first-order valence-corrected chi connectivity index (χ1v) is 6.84. The van der Waals surface area contributed by atoms with Crippen LogP contribution in [0.15, 0.2) is 12.1 Å². The molecule has 0 radical (unpaired) electrons. The van der Waals surface area contributed by atoms with Gasteiger partial charge in [-0.1, -0.05) is 0 Å². The number of aromatic nitrogens is 1. The summed E-state index contributed by atoms with van der Waals surface area (Å²) in [6.07, 6.45) is 2.59. The number of piperidine rings is 1. The molecule has 5 nitrogen and oxygen atoms in total. The number of rotatable bonds is 5. The van der Waals surface area contributed by atoms with Gasteiger partial charge < -0.3 is 19.9 Å². The van der Waals surface area contributed by atoms with E-state index in [1.807, 2.05) is 6.07 Å². The van der Waals surface area contributed by atoms with Gasteiger partial charge in [0.15, 0.2) is 0 Å². The largest absolute Gasteiger partial charge is 0.464 e. The number of carbonyl (C=O) groups is 1. The van der Waals surface area contributed by atoms with E-state index in [4.69, 9.17) is 0 Å². The Hall–Kier alpha value is -1.33. The zero-order valence-corrected chi connectivity index (χ0v) is 11.7. The minimum atomic E-state index is -0.319. The fourth-order valence-electron chi connectivity index (χ4n) is 2.62. The molecule has 106 valence electrons. The van der Waals surface area contributed by atoms with Crippen LogP contribution in [0.3, 0.4) is 0 Å². The highest BCUT2D eigenvalue weighted by atomic mass is 16.5. The van der Waals surface area contributed by atoms with Crippen LogP contribution >= 0.6 is 0 Å². The topological polar surface area (TPSA) is 57.4 Å². The molecule has 19 heavy (non-hydrogen) atoms. The molecule has 2 heterocycles. The molecule has 1 aliphatic heterocycles. The number of carbonyl (C=O) groups excluding carboxylic acids is 1. The Bertz CT molecular complexity index is 417. The van der Waals surface area contributed by atoms with E-state index in [-0.39, 0.29) is 5.97 Å². The van der Waals surface area contributed by atoms with Gasteiger partial charge in [0.05, 0.1) is 7.11 Å². The van der Waals surface area contributed by atoms with Crippen LogP contribution in [0.4, 0.5) is 0 Å². The Balaban J connectivity index is 1.73. The predicted octanol–water partition coefficient (Wildman–Crippen LogP) is 1.23. The van der Waals surface area contributed by atoms with Gasteiger partial charge >= 0.3 is 5.97 Å². The third kappa shape index (κ3) is 4.08. The van der Waals surface area contributed by atoms with Gasteiger partial charge in [-0.3, -0.25) is 0 Å². The van der Waals surface area contributed by atoms with Crippen LogP contribution in [-0.4, -0.2) is 49.6 Å². The van der Waals surface area contributed by atoms with Crippen molar-refractivity contribution in [3.63, 3.8) is 0 Å². The molecule has 2 rings (SSSR count). The molecule has 1 atom stereocenters. The fourth-order valence-corrected chi connectivity index (χ4v) is 2.62. The Kier molecular flexibility index (Phi) is 4.99. The molecule has 1 unspecified atom stereocenters. The average Bonchev–Trinajstić information content (AvgIpc) is 2.87. The van der Waals surface area contributed by atoms with Crippen molar-refractivity contribution in [2.24, 2.45) is 5.92 Å². The number of nitrogens with one attached hydrogen (secondary N) is 2. The molecular formula is C14H23N3O2. The molecule has 1 aliphatic rings. The molecule has 0 aromatic carbocycles. The highest BCUT2D eigenvalue weighted by molar-refractivity contribution is 5.87. The van der Waals surface area contributed by atoms with Gasteiger partial charge in [-0.2, -0.15) is 0 Å². The SMILES string of the molecule is COC(=O)c1ccc(CNCC2CCCN(C)C2)[nH]1. The van der Waals surface area contributed by atoms with Crippen LogP contribution in [0.1, 0.15) is 29.0 Å².